The lowest BCUT2D eigenvalue weighted by molar-refractivity contribution is -0.124. The van der Waals surface area contributed by atoms with E-state index in [1.807, 2.05) is 49.4 Å². The second kappa shape index (κ2) is 8.89. The first-order valence-electron chi connectivity index (χ1n) is 7.60. The van der Waals surface area contributed by atoms with E-state index in [-0.39, 0.29) is 24.4 Å². The molecule has 0 aliphatic heterocycles. The van der Waals surface area contributed by atoms with Crippen LogP contribution in [0.2, 0.25) is 5.02 Å². The summed E-state index contributed by atoms with van der Waals surface area (Å²) >= 11 is 5.94. The zero-order valence-corrected chi connectivity index (χ0v) is 14.1. The average Bonchev–Trinajstić information content (AvgIpc) is 2.59. The van der Waals surface area contributed by atoms with Crippen molar-refractivity contribution in [2.24, 2.45) is 0 Å². The predicted octanol–water partition coefficient (Wildman–Crippen LogP) is 3.35. The number of halogens is 1. The van der Waals surface area contributed by atoms with Gasteiger partial charge < -0.3 is 10.6 Å². The third-order valence-electron chi connectivity index (χ3n) is 3.38. The second-order valence-electron chi connectivity index (χ2n) is 5.31. The van der Waals surface area contributed by atoms with E-state index in [4.69, 9.17) is 11.6 Å². The van der Waals surface area contributed by atoms with Gasteiger partial charge in [-0.25, -0.2) is 0 Å². The maximum Gasteiger partial charge on any atom is 0.244 e. The maximum atomic E-state index is 11.9. The van der Waals surface area contributed by atoms with Crippen molar-refractivity contribution in [2.45, 2.75) is 13.0 Å². The molecule has 124 valence electrons. The SMILES string of the molecule is C[C@H](NC(=O)CNC(=O)/C=C/c1ccccc1)c1cccc(Cl)c1. The number of rotatable bonds is 6. The summed E-state index contributed by atoms with van der Waals surface area (Å²) in [6.45, 7) is 1.78. The fourth-order valence-electron chi connectivity index (χ4n) is 2.11. The zero-order valence-electron chi connectivity index (χ0n) is 13.3. The topological polar surface area (TPSA) is 58.2 Å². The van der Waals surface area contributed by atoms with Gasteiger partial charge in [0.15, 0.2) is 0 Å². The molecule has 0 aliphatic rings. The Morgan fingerprint density at radius 2 is 1.88 bits per heavy atom. The Morgan fingerprint density at radius 3 is 2.58 bits per heavy atom. The van der Waals surface area contributed by atoms with E-state index in [0.717, 1.165) is 11.1 Å². The van der Waals surface area contributed by atoms with Gasteiger partial charge in [-0.15, -0.1) is 0 Å². The van der Waals surface area contributed by atoms with E-state index >= 15 is 0 Å². The maximum absolute atomic E-state index is 11.9. The van der Waals surface area contributed by atoms with Gasteiger partial charge in [-0.05, 0) is 36.3 Å². The first-order valence-corrected chi connectivity index (χ1v) is 7.98. The number of amides is 2. The van der Waals surface area contributed by atoms with Gasteiger partial charge >= 0.3 is 0 Å². The van der Waals surface area contributed by atoms with E-state index in [9.17, 15) is 9.59 Å². The van der Waals surface area contributed by atoms with E-state index in [1.165, 1.54) is 6.08 Å². The largest absolute Gasteiger partial charge is 0.348 e. The molecule has 0 aromatic heterocycles. The van der Waals surface area contributed by atoms with Crippen molar-refractivity contribution in [1.29, 1.82) is 0 Å². The van der Waals surface area contributed by atoms with Gasteiger partial charge in [0.1, 0.15) is 0 Å². The standard InChI is InChI=1S/C19H19ClN2O2/c1-14(16-8-5-9-17(20)12-16)22-19(24)13-21-18(23)11-10-15-6-3-2-4-7-15/h2-12,14H,13H2,1H3,(H,21,23)(H,22,24)/b11-10+/t14-/m0/s1. The van der Waals surface area contributed by atoms with Gasteiger partial charge in [-0.3, -0.25) is 9.59 Å². The molecule has 0 bridgehead atoms. The van der Waals surface area contributed by atoms with Crippen molar-refractivity contribution in [2.75, 3.05) is 6.54 Å². The van der Waals surface area contributed by atoms with Crippen LogP contribution in [-0.2, 0) is 9.59 Å². The second-order valence-corrected chi connectivity index (χ2v) is 5.74. The minimum atomic E-state index is -0.315. The van der Waals surface area contributed by atoms with Crippen LogP contribution in [0.15, 0.2) is 60.7 Å². The van der Waals surface area contributed by atoms with Crippen LogP contribution in [0.4, 0.5) is 0 Å². The van der Waals surface area contributed by atoms with Crippen LogP contribution < -0.4 is 10.6 Å². The van der Waals surface area contributed by atoms with E-state index in [2.05, 4.69) is 10.6 Å². The Bertz CT molecular complexity index is 729. The quantitative estimate of drug-likeness (QED) is 0.791. The van der Waals surface area contributed by atoms with Crippen LogP contribution in [0.25, 0.3) is 6.08 Å². The Balaban J connectivity index is 1.78. The number of hydrogen-bond acceptors (Lipinski definition) is 2. The number of hydrogen-bond donors (Lipinski definition) is 2. The fourth-order valence-corrected chi connectivity index (χ4v) is 2.31. The highest BCUT2D eigenvalue weighted by Gasteiger charge is 2.10. The Hall–Kier alpha value is -2.59. The van der Waals surface area contributed by atoms with Gasteiger partial charge in [-0.2, -0.15) is 0 Å². The fraction of sp³-hybridized carbons (Fsp3) is 0.158. The van der Waals surface area contributed by atoms with Crippen LogP contribution in [0.3, 0.4) is 0 Å². The lowest BCUT2D eigenvalue weighted by Crippen LogP contribution is -2.37. The molecule has 2 aromatic rings. The molecule has 2 rings (SSSR count). The van der Waals surface area contributed by atoms with Crippen molar-refractivity contribution in [3.05, 3.63) is 76.8 Å². The van der Waals surface area contributed by atoms with E-state index in [1.54, 1.807) is 18.2 Å². The van der Waals surface area contributed by atoms with Gasteiger partial charge in [0.25, 0.3) is 0 Å². The van der Waals surface area contributed by atoms with Gasteiger partial charge in [0, 0.05) is 11.1 Å². The Morgan fingerprint density at radius 1 is 1.12 bits per heavy atom. The monoisotopic (exact) mass is 342 g/mol. The van der Waals surface area contributed by atoms with E-state index < -0.39 is 0 Å². The first kappa shape index (κ1) is 17.8. The Labute approximate surface area is 146 Å². The van der Waals surface area contributed by atoms with Crippen molar-refractivity contribution >= 4 is 29.5 Å². The average molecular weight is 343 g/mol. The molecule has 2 aromatic carbocycles. The first-order chi connectivity index (χ1) is 11.5. The molecule has 5 heteroatoms. The van der Waals surface area contributed by atoms with Crippen molar-refractivity contribution in [3.8, 4) is 0 Å². The number of carbonyl (C=O) groups is 2. The summed E-state index contributed by atoms with van der Waals surface area (Å²) in [5.74, 6) is -0.576. The lowest BCUT2D eigenvalue weighted by Gasteiger charge is -2.14. The third-order valence-corrected chi connectivity index (χ3v) is 3.61. The molecule has 2 amide bonds. The molecule has 1 atom stereocenters. The smallest absolute Gasteiger partial charge is 0.244 e. The molecule has 0 spiro atoms. The zero-order chi connectivity index (χ0) is 17.4. The highest BCUT2D eigenvalue weighted by atomic mass is 35.5. The minimum Gasteiger partial charge on any atom is -0.348 e. The van der Waals surface area contributed by atoms with Crippen LogP contribution in [0.1, 0.15) is 24.1 Å². The Kier molecular flexibility index (Phi) is 6.58. The highest BCUT2D eigenvalue weighted by molar-refractivity contribution is 6.30. The van der Waals surface area contributed by atoms with Crippen molar-refractivity contribution in [1.82, 2.24) is 10.6 Å². The van der Waals surface area contributed by atoms with Gasteiger partial charge in [0.2, 0.25) is 11.8 Å². The normalized spacial score (nSPS) is 11.9. The van der Waals surface area contributed by atoms with Crippen LogP contribution in [-0.4, -0.2) is 18.4 Å². The molecular weight excluding hydrogens is 324 g/mol. The van der Waals surface area contributed by atoms with Crippen molar-refractivity contribution in [3.63, 3.8) is 0 Å². The van der Waals surface area contributed by atoms with Gasteiger partial charge in [0.05, 0.1) is 12.6 Å². The molecule has 2 N–H and O–H groups in total. The molecule has 0 saturated carbocycles. The molecular formula is C19H19ClN2O2. The molecule has 0 saturated heterocycles. The summed E-state index contributed by atoms with van der Waals surface area (Å²) in [7, 11) is 0. The number of carbonyl (C=O) groups excluding carboxylic acids is 2. The van der Waals surface area contributed by atoms with Crippen LogP contribution >= 0.6 is 11.6 Å². The summed E-state index contributed by atoms with van der Waals surface area (Å²) in [6.07, 6.45) is 3.10. The molecule has 24 heavy (non-hydrogen) atoms. The number of nitrogens with one attached hydrogen (secondary N) is 2. The summed E-state index contributed by atoms with van der Waals surface area (Å²) < 4.78 is 0. The summed E-state index contributed by atoms with van der Waals surface area (Å²) in [6, 6.07) is 16.6. The summed E-state index contributed by atoms with van der Waals surface area (Å²) in [5.41, 5.74) is 1.83. The molecule has 4 nitrogen and oxygen atoms in total. The predicted molar refractivity (Wildman–Crippen MR) is 96.5 cm³/mol. The van der Waals surface area contributed by atoms with Gasteiger partial charge in [-0.1, -0.05) is 54.1 Å². The molecule has 0 heterocycles. The molecule has 0 fully saturated rings. The van der Waals surface area contributed by atoms with Crippen LogP contribution in [0, 0.1) is 0 Å². The highest BCUT2D eigenvalue weighted by Crippen LogP contribution is 2.17. The lowest BCUT2D eigenvalue weighted by atomic mass is 10.1. The molecule has 0 aliphatic carbocycles. The molecule has 0 radical (unpaired) electrons. The van der Waals surface area contributed by atoms with Crippen LogP contribution in [0.5, 0.6) is 0 Å². The number of benzene rings is 2. The summed E-state index contributed by atoms with van der Waals surface area (Å²) in [4.78, 5) is 23.6. The third kappa shape index (κ3) is 5.89. The summed E-state index contributed by atoms with van der Waals surface area (Å²) in [5, 5.41) is 5.99. The van der Waals surface area contributed by atoms with Crippen molar-refractivity contribution < 1.29 is 9.59 Å². The van der Waals surface area contributed by atoms with E-state index in [0.29, 0.717) is 5.02 Å². The molecule has 0 unspecified atom stereocenters. The minimum absolute atomic E-state index is 0.0805.